The molecule has 2 amide bonds. The van der Waals surface area contributed by atoms with Crippen LogP contribution in [0.25, 0.3) is 0 Å². The van der Waals surface area contributed by atoms with Gasteiger partial charge in [-0.05, 0) is 98.1 Å². The van der Waals surface area contributed by atoms with Crippen molar-refractivity contribution in [3.8, 4) is 11.5 Å². The predicted octanol–water partition coefficient (Wildman–Crippen LogP) is 5.00. The Kier molecular flexibility index (Phi) is 8.47. The molecule has 3 aromatic rings. The van der Waals surface area contributed by atoms with Gasteiger partial charge in [-0.25, -0.2) is 0 Å². The van der Waals surface area contributed by atoms with Crippen molar-refractivity contribution in [3.63, 3.8) is 0 Å². The zero-order valence-electron chi connectivity index (χ0n) is 24.7. The molecule has 220 valence electrons. The minimum atomic E-state index is -0.496. The third-order valence-electron chi connectivity index (χ3n) is 9.33. The van der Waals surface area contributed by atoms with Crippen molar-refractivity contribution < 1.29 is 19.1 Å². The van der Waals surface area contributed by atoms with E-state index >= 15 is 0 Å². The highest BCUT2D eigenvalue weighted by Gasteiger charge is 2.46. The fraction of sp³-hybridized carbons (Fsp3) is 0.429. The van der Waals surface area contributed by atoms with E-state index in [0.717, 1.165) is 55.1 Å². The van der Waals surface area contributed by atoms with Gasteiger partial charge >= 0.3 is 0 Å². The Morgan fingerprint density at radius 1 is 0.905 bits per heavy atom. The summed E-state index contributed by atoms with van der Waals surface area (Å²) in [5.74, 6) is 1.47. The Bertz CT molecular complexity index is 1420. The van der Waals surface area contributed by atoms with Gasteiger partial charge in [0.15, 0.2) is 11.5 Å². The first-order valence-electron chi connectivity index (χ1n) is 15.3. The van der Waals surface area contributed by atoms with E-state index in [-0.39, 0.29) is 17.9 Å². The number of hydrogen-bond donors (Lipinski definition) is 1. The molecule has 6 rings (SSSR count). The van der Waals surface area contributed by atoms with E-state index in [2.05, 4.69) is 40.5 Å². The molecule has 1 N–H and O–H groups in total. The van der Waals surface area contributed by atoms with Gasteiger partial charge in [-0.15, -0.1) is 0 Å². The molecule has 3 heterocycles. The summed E-state index contributed by atoms with van der Waals surface area (Å²) in [6.45, 7) is 4.38. The monoisotopic (exact) mass is 567 g/mol. The lowest BCUT2D eigenvalue weighted by Gasteiger charge is -2.45. The SMILES string of the molecule is COc1cc2c(cc1OC)[C@H]1[C@@H](C(=O)NCCCN3CCC(Cc4ccccc4)CC3)c3ccccc3C(=O)N1CC2. The van der Waals surface area contributed by atoms with Gasteiger partial charge in [-0.1, -0.05) is 48.5 Å². The number of carbonyl (C=O) groups is 2. The predicted molar refractivity (Wildman–Crippen MR) is 163 cm³/mol. The third kappa shape index (κ3) is 5.62. The van der Waals surface area contributed by atoms with Gasteiger partial charge in [-0.2, -0.15) is 0 Å². The van der Waals surface area contributed by atoms with Crippen LogP contribution in [-0.4, -0.2) is 68.6 Å². The minimum Gasteiger partial charge on any atom is -0.493 e. The van der Waals surface area contributed by atoms with Crippen molar-refractivity contribution in [1.82, 2.24) is 15.1 Å². The summed E-state index contributed by atoms with van der Waals surface area (Å²) in [7, 11) is 3.24. The second kappa shape index (κ2) is 12.6. The van der Waals surface area contributed by atoms with Crippen LogP contribution in [0.2, 0.25) is 0 Å². The molecule has 0 bridgehead atoms. The molecule has 0 spiro atoms. The normalized spacial score (nSPS) is 20.3. The lowest BCUT2D eigenvalue weighted by Crippen LogP contribution is -2.50. The van der Waals surface area contributed by atoms with E-state index in [1.807, 2.05) is 41.3 Å². The summed E-state index contributed by atoms with van der Waals surface area (Å²) in [5, 5.41) is 3.24. The van der Waals surface area contributed by atoms with E-state index in [1.165, 1.54) is 18.4 Å². The first-order valence-corrected chi connectivity index (χ1v) is 15.3. The lowest BCUT2D eigenvalue weighted by molar-refractivity contribution is -0.124. The van der Waals surface area contributed by atoms with Crippen molar-refractivity contribution >= 4 is 11.8 Å². The first-order chi connectivity index (χ1) is 20.6. The van der Waals surface area contributed by atoms with Crippen molar-refractivity contribution in [2.24, 2.45) is 5.92 Å². The Hall–Kier alpha value is -3.84. The number of nitrogens with one attached hydrogen (secondary N) is 1. The molecule has 42 heavy (non-hydrogen) atoms. The number of benzene rings is 3. The number of ether oxygens (including phenoxy) is 2. The standard InChI is InChI=1S/C35H41N3O4/c1-41-30-22-26-15-20-38-33(29(26)23-31(30)42-2)32(27-11-6-7-12-28(27)35(38)40)34(39)36-16-8-17-37-18-13-25(14-19-37)21-24-9-4-3-5-10-24/h3-7,9-12,22-23,25,32-33H,8,13-21H2,1-2H3,(H,36,39)/t32-,33-/m0/s1. The van der Waals surface area contributed by atoms with Crippen LogP contribution in [0.3, 0.4) is 0 Å². The molecule has 7 heteroatoms. The number of methoxy groups -OCH3 is 2. The minimum absolute atomic E-state index is 0.0178. The fourth-order valence-corrected chi connectivity index (χ4v) is 7.12. The van der Waals surface area contributed by atoms with Crippen molar-refractivity contribution in [3.05, 3.63) is 94.5 Å². The number of likely N-dealkylation sites (tertiary alicyclic amines) is 1. The Balaban J connectivity index is 1.12. The molecule has 0 saturated carbocycles. The molecule has 7 nitrogen and oxygen atoms in total. The van der Waals surface area contributed by atoms with Gasteiger partial charge in [0.2, 0.25) is 5.91 Å². The molecule has 0 aliphatic carbocycles. The Morgan fingerprint density at radius 2 is 1.62 bits per heavy atom. The molecule has 1 saturated heterocycles. The van der Waals surface area contributed by atoms with Crippen molar-refractivity contribution in [1.29, 1.82) is 0 Å². The van der Waals surface area contributed by atoms with Crippen LogP contribution < -0.4 is 14.8 Å². The van der Waals surface area contributed by atoms with Crippen molar-refractivity contribution in [2.45, 2.75) is 44.1 Å². The smallest absolute Gasteiger partial charge is 0.254 e. The topological polar surface area (TPSA) is 71.1 Å². The number of amides is 2. The molecule has 1 fully saturated rings. The number of rotatable bonds is 9. The molecule has 3 aliphatic heterocycles. The van der Waals surface area contributed by atoms with Gasteiger partial charge in [0, 0.05) is 18.7 Å². The first kappa shape index (κ1) is 28.3. The number of nitrogens with zero attached hydrogens (tertiary/aromatic N) is 2. The highest BCUT2D eigenvalue weighted by atomic mass is 16.5. The van der Waals surface area contributed by atoms with Crippen LogP contribution in [-0.2, 0) is 17.6 Å². The molecule has 2 atom stereocenters. The molecule has 0 aromatic heterocycles. The molecule has 3 aromatic carbocycles. The summed E-state index contributed by atoms with van der Waals surface area (Å²) in [6, 6.07) is 21.9. The van der Waals surface area contributed by atoms with Crippen LogP contribution >= 0.6 is 0 Å². The second-order valence-corrected chi connectivity index (χ2v) is 11.8. The molecule has 3 aliphatic rings. The maximum atomic E-state index is 14.0. The molecule has 0 unspecified atom stereocenters. The van der Waals surface area contributed by atoms with E-state index in [9.17, 15) is 9.59 Å². The Morgan fingerprint density at radius 3 is 2.38 bits per heavy atom. The summed E-state index contributed by atoms with van der Waals surface area (Å²) in [6.07, 6.45) is 5.21. The zero-order valence-corrected chi connectivity index (χ0v) is 24.7. The van der Waals surface area contributed by atoms with Crippen molar-refractivity contribution in [2.75, 3.05) is 46.9 Å². The van der Waals surface area contributed by atoms with Gasteiger partial charge in [-0.3, -0.25) is 9.59 Å². The molecular weight excluding hydrogens is 526 g/mol. The van der Waals surface area contributed by atoms with Gasteiger partial charge in [0.25, 0.3) is 5.91 Å². The second-order valence-electron chi connectivity index (χ2n) is 11.8. The van der Waals surface area contributed by atoms with Gasteiger partial charge in [0.1, 0.15) is 0 Å². The average Bonchev–Trinajstić information content (AvgIpc) is 3.03. The van der Waals surface area contributed by atoms with Gasteiger partial charge < -0.3 is 24.6 Å². The largest absolute Gasteiger partial charge is 0.493 e. The average molecular weight is 568 g/mol. The van der Waals surface area contributed by atoms with E-state index < -0.39 is 5.92 Å². The maximum absolute atomic E-state index is 14.0. The van der Waals surface area contributed by atoms with E-state index in [1.54, 1.807) is 14.2 Å². The maximum Gasteiger partial charge on any atom is 0.254 e. The van der Waals surface area contributed by atoms with Crippen LogP contribution in [0.5, 0.6) is 11.5 Å². The van der Waals surface area contributed by atoms with E-state index in [4.69, 9.17) is 9.47 Å². The highest BCUT2D eigenvalue weighted by Crippen LogP contribution is 2.48. The summed E-state index contributed by atoms with van der Waals surface area (Å²) >= 11 is 0. The lowest BCUT2D eigenvalue weighted by atomic mass is 9.75. The van der Waals surface area contributed by atoms with E-state index in [0.29, 0.717) is 36.6 Å². The number of carbonyl (C=O) groups excluding carboxylic acids is 2. The van der Waals surface area contributed by atoms with Crippen LogP contribution in [0.1, 0.15) is 63.8 Å². The fourth-order valence-electron chi connectivity index (χ4n) is 7.12. The molecular formula is C35H41N3O4. The summed E-state index contributed by atoms with van der Waals surface area (Å²) in [5.41, 5.74) is 4.90. The molecule has 0 radical (unpaired) electrons. The highest BCUT2D eigenvalue weighted by molar-refractivity contribution is 6.01. The van der Waals surface area contributed by atoms with Crippen LogP contribution in [0, 0.1) is 5.92 Å². The summed E-state index contributed by atoms with van der Waals surface area (Å²) in [4.78, 5) is 32.0. The van der Waals surface area contributed by atoms with Crippen LogP contribution in [0.4, 0.5) is 0 Å². The number of hydrogen-bond acceptors (Lipinski definition) is 5. The van der Waals surface area contributed by atoms with Crippen LogP contribution in [0.15, 0.2) is 66.7 Å². The Labute approximate surface area is 248 Å². The summed E-state index contributed by atoms with van der Waals surface area (Å²) < 4.78 is 11.2. The third-order valence-corrected chi connectivity index (χ3v) is 9.33. The van der Waals surface area contributed by atoms with Gasteiger partial charge in [0.05, 0.1) is 26.2 Å². The quantitative estimate of drug-likeness (QED) is 0.369. The zero-order chi connectivity index (χ0) is 29.1. The number of piperidine rings is 1. The number of fused-ring (bicyclic) bond motifs is 4.